The smallest absolute Gasteiger partial charge is 0.133 e. The molecule has 0 rings (SSSR count). The third-order valence-corrected chi connectivity index (χ3v) is 4.80. The summed E-state index contributed by atoms with van der Waals surface area (Å²) in [5, 5.41) is 38.1. The number of aliphatic hydroxyl groups excluding tert-OH is 4. The Morgan fingerprint density at radius 2 is 0.882 bits per heavy atom. The number of allylic oxidation sites excluding steroid dienone is 2. The molecule has 0 bridgehead atoms. The first-order valence-corrected chi connectivity index (χ1v) is 12.1. The summed E-state index contributed by atoms with van der Waals surface area (Å²) in [6.07, 6.45) is 28.4. The summed E-state index contributed by atoms with van der Waals surface area (Å²) >= 11 is 0. The van der Waals surface area contributed by atoms with Gasteiger partial charge in [-0.1, -0.05) is 61.5 Å². The molecule has 184 valence electrons. The van der Waals surface area contributed by atoms with Crippen molar-refractivity contribution in [2.75, 3.05) is 0 Å². The van der Waals surface area contributed by atoms with Gasteiger partial charge in [-0.2, -0.15) is 0 Å². The third kappa shape index (κ3) is 22.5. The van der Waals surface area contributed by atoms with E-state index in [2.05, 4.69) is 35.5 Å². The predicted molar refractivity (Wildman–Crippen MR) is 140 cm³/mol. The molecule has 4 unspecified atom stereocenters. The van der Waals surface area contributed by atoms with Crippen LogP contribution >= 0.6 is 0 Å². The van der Waals surface area contributed by atoms with E-state index in [-0.39, 0.29) is 0 Å². The summed E-state index contributed by atoms with van der Waals surface area (Å²) in [6, 6.07) is 0. The summed E-state index contributed by atoms with van der Waals surface area (Å²) in [4.78, 5) is 0. The van der Waals surface area contributed by atoms with Crippen LogP contribution in [0.2, 0.25) is 0 Å². The Labute approximate surface area is 206 Å². The van der Waals surface area contributed by atoms with Crippen LogP contribution in [0.5, 0.6) is 0 Å². The average Bonchev–Trinajstić information content (AvgIpc) is 2.84. The number of rotatable bonds is 16. The van der Waals surface area contributed by atoms with Crippen molar-refractivity contribution in [2.24, 2.45) is 0 Å². The minimum Gasteiger partial charge on any atom is -0.377 e. The SMILES string of the molecule is C#CC(O)/C=C/CCCCCCC#CC(O)/C=C/C(O)C#CCCCCCC/C=C/C(O)C#C. The maximum absolute atomic E-state index is 9.85. The van der Waals surface area contributed by atoms with Gasteiger partial charge in [-0.05, 0) is 62.8 Å². The van der Waals surface area contributed by atoms with Crippen molar-refractivity contribution in [3.05, 3.63) is 36.5 Å². The maximum atomic E-state index is 9.85. The van der Waals surface area contributed by atoms with Crippen LogP contribution in [0.3, 0.4) is 0 Å². The van der Waals surface area contributed by atoms with E-state index in [1.54, 1.807) is 12.2 Å². The monoisotopic (exact) mass is 464 g/mol. The van der Waals surface area contributed by atoms with E-state index >= 15 is 0 Å². The molecular formula is C30H40O4. The van der Waals surface area contributed by atoms with Crippen LogP contribution in [0.1, 0.15) is 77.0 Å². The lowest BCUT2D eigenvalue weighted by atomic mass is 10.1. The first kappa shape index (κ1) is 31.3. The van der Waals surface area contributed by atoms with Gasteiger partial charge in [-0.15, -0.1) is 24.7 Å². The standard InChI is InChI=1S/C30H40O4/c1-3-27(31)21-17-13-9-5-7-11-15-19-23-29(33)25-26-30(34)24-20-16-12-8-6-10-14-18-22-28(32)4-2/h1-2,17-18,21-22,25-34H,5-16H2/b21-17+,22-18+,26-25+. The highest BCUT2D eigenvalue weighted by molar-refractivity contribution is 5.17. The van der Waals surface area contributed by atoms with Crippen molar-refractivity contribution < 1.29 is 20.4 Å². The molecule has 0 spiro atoms. The lowest BCUT2D eigenvalue weighted by Crippen LogP contribution is -2.02. The van der Waals surface area contributed by atoms with Crippen LogP contribution in [-0.2, 0) is 0 Å². The molecule has 0 heterocycles. The van der Waals surface area contributed by atoms with Crippen molar-refractivity contribution in [1.29, 1.82) is 0 Å². The quantitative estimate of drug-likeness (QED) is 0.158. The Balaban J connectivity index is 3.78. The zero-order valence-electron chi connectivity index (χ0n) is 20.2. The minimum atomic E-state index is -0.903. The second-order valence-electron chi connectivity index (χ2n) is 7.90. The highest BCUT2D eigenvalue weighted by Crippen LogP contribution is 2.07. The van der Waals surface area contributed by atoms with Gasteiger partial charge in [-0.3, -0.25) is 0 Å². The molecule has 0 radical (unpaired) electrons. The second-order valence-corrected chi connectivity index (χ2v) is 7.90. The number of hydrogen-bond donors (Lipinski definition) is 4. The molecule has 0 aliphatic heterocycles. The highest BCUT2D eigenvalue weighted by Gasteiger charge is 1.96. The third-order valence-electron chi connectivity index (χ3n) is 4.80. The van der Waals surface area contributed by atoms with Crippen LogP contribution in [-0.4, -0.2) is 44.8 Å². The molecule has 4 heteroatoms. The summed E-state index contributed by atoms with van der Waals surface area (Å²) < 4.78 is 0. The van der Waals surface area contributed by atoms with E-state index in [4.69, 9.17) is 12.8 Å². The van der Waals surface area contributed by atoms with E-state index in [0.717, 1.165) is 77.0 Å². The molecule has 34 heavy (non-hydrogen) atoms. The molecule has 4 nitrogen and oxygen atoms in total. The first-order valence-electron chi connectivity index (χ1n) is 12.1. The van der Waals surface area contributed by atoms with E-state index in [0.29, 0.717) is 0 Å². The fourth-order valence-electron chi connectivity index (χ4n) is 2.88. The van der Waals surface area contributed by atoms with E-state index in [9.17, 15) is 20.4 Å². The lowest BCUT2D eigenvalue weighted by Gasteiger charge is -1.98. The topological polar surface area (TPSA) is 80.9 Å². The van der Waals surface area contributed by atoms with Gasteiger partial charge in [0.2, 0.25) is 0 Å². The molecule has 0 aromatic rings. The number of unbranched alkanes of at least 4 members (excludes halogenated alkanes) is 10. The molecule has 4 atom stereocenters. The Bertz CT molecular complexity index is 733. The molecule has 0 amide bonds. The molecular weight excluding hydrogens is 424 g/mol. The van der Waals surface area contributed by atoms with Crippen molar-refractivity contribution in [2.45, 2.75) is 101 Å². The zero-order chi connectivity index (χ0) is 25.3. The predicted octanol–water partition coefficient (Wildman–Crippen LogP) is 4.05. The van der Waals surface area contributed by atoms with Gasteiger partial charge in [-0.25, -0.2) is 0 Å². The Kier molecular flexibility index (Phi) is 21.6. The van der Waals surface area contributed by atoms with Gasteiger partial charge in [0.05, 0.1) is 0 Å². The van der Waals surface area contributed by atoms with Crippen LogP contribution in [0, 0.1) is 48.4 Å². The summed E-state index contributed by atoms with van der Waals surface area (Å²) in [7, 11) is 0. The average molecular weight is 465 g/mol. The molecule has 4 N–H and O–H groups in total. The first-order chi connectivity index (χ1) is 16.5. The van der Waals surface area contributed by atoms with Crippen LogP contribution in [0.15, 0.2) is 36.5 Å². The summed E-state index contributed by atoms with van der Waals surface area (Å²) in [5.41, 5.74) is 0. The Morgan fingerprint density at radius 1 is 0.500 bits per heavy atom. The van der Waals surface area contributed by atoms with E-state index in [1.165, 1.54) is 12.2 Å². The van der Waals surface area contributed by atoms with E-state index in [1.807, 2.05) is 12.2 Å². The van der Waals surface area contributed by atoms with Gasteiger partial charge in [0.1, 0.15) is 24.4 Å². The highest BCUT2D eigenvalue weighted by atomic mass is 16.3. The van der Waals surface area contributed by atoms with E-state index < -0.39 is 24.4 Å². The molecule has 0 aromatic carbocycles. The van der Waals surface area contributed by atoms with Gasteiger partial charge in [0.25, 0.3) is 0 Å². The molecule has 0 fully saturated rings. The van der Waals surface area contributed by atoms with Crippen molar-refractivity contribution in [3.8, 4) is 48.4 Å². The lowest BCUT2D eigenvalue weighted by molar-refractivity contribution is 0.265. The Hall–Kier alpha value is -2.70. The second kappa shape index (κ2) is 23.5. The summed E-state index contributed by atoms with van der Waals surface area (Å²) in [5.74, 6) is 15.9. The molecule has 0 saturated heterocycles. The maximum Gasteiger partial charge on any atom is 0.133 e. The van der Waals surface area contributed by atoms with Crippen molar-refractivity contribution in [1.82, 2.24) is 0 Å². The molecule has 0 aliphatic rings. The zero-order valence-corrected chi connectivity index (χ0v) is 20.2. The molecule has 0 saturated carbocycles. The summed E-state index contributed by atoms with van der Waals surface area (Å²) in [6.45, 7) is 0. The van der Waals surface area contributed by atoms with Gasteiger partial charge in [0, 0.05) is 12.8 Å². The number of aliphatic hydroxyl groups is 4. The fourth-order valence-corrected chi connectivity index (χ4v) is 2.88. The van der Waals surface area contributed by atoms with Crippen molar-refractivity contribution in [3.63, 3.8) is 0 Å². The van der Waals surface area contributed by atoms with Crippen molar-refractivity contribution >= 4 is 0 Å². The number of hydrogen-bond acceptors (Lipinski definition) is 4. The van der Waals surface area contributed by atoms with Crippen LogP contribution in [0.25, 0.3) is 0 Å². The molecule has 0 aromatic heterocycles. The number of terminal acetylenes is 2. The van der Waals surface area contributed by atoms with Gasteiger partial charge in [0.15, 0.2) is 0 Å². The van der Waals surface area contributed by atoms with Crippen LogP contribution < -0.4 is 0 Å². The van der Waals surface area contributed by atoms with Gasteiger partial charge >= 0.3 is 0 Å². The van der Waals surface area contributed by atoms with Crippen LogP contribution in [0.4, 0.5) is 0 Å². The molecule has 0 aliphatic carbocycles. The van der Waals surface area contributed by atoms with Gasteiger partial charge < -0.3 is 20.4 Å². The largest absolute Gasteiger partial charge is 0.377 e. The Morgan fingerprint density at radius 3 is 1.26 bits per heavy atom. The normalized spacial score (nSPS) is 14.5. The fraction of sp³-hybridized carbons (Fsp3) is 0.533. The minimum absolute atomic E-state index is 0.724.